The number of rotatable bonds is 9. The lowest BCUT2D eigenvalue weighted by Gasteiger charge is -2.15. The van der Waals surface area contributed by atoms with Gasteiger partial charge in [0, 0.05) is 13.0 Å². The van der Waals surface area contributed by atoms with E-state index in [1.165, 1.54) is 11.3 Å². The predicted molar refractivity (Wildman–Crippen MR) is 91.9 cm³/mol. The molecule has 1 unspecified atom stereocenters. The van der Waals surface area contributed by atoms with Crippen LogP contribution in [0.25, 0.3) is 0 Å². The highest BCUT2D eigenvalue weighted by Gasteiger charge is 2.15. The fourth-order valence-corrected chi connectivity index (χ4v) is 4.94. The molecule has 0 aliphatic carbocycles. The van der Waals surface area contributed by atoms with Crippen LogP contribution in [0.1, 0.15) is 49.4 Å². The summed E-state index contributed by atoms with van der Waals surface area (Å²) in [5.41, 5.74) is 0.629. The molecule has 0 spiro atoms. The van der Waals surface area contributed by atoms with E-state index in [1.54, 1.807) is 6.07 Å². The van der Waals surface area contributed by atoms with Crippen molar-refractivity contribution in [3.05, 3.63) is 19.2 Å². The first kappa shape index (κ1) is 18.6. The van der Waals surface area contributed by atoms with E-state index in [9.17, 15) is 9.59 Å². The first-order valence-corrected chi connectivity index (χ1v) is 9.29. The molecule has 1 aromatic rings. The molecule has 0 aliphatic heterocycles. The molecule has 0 aromatic carbocycles. The molecule has 0 fully saturated rings. The van der Waals surface area contributed by atoms with Crippen LogP contribution >= 0.6 is 43.2 Å². The van der Waals surface area contributed by atoms with E-state index in [0.29, 0.717) is 24.4 Å². The molecular formula is C14H19Br2NO3S. The number of carboxylic acid groups (broad SMARTS) is 1. The second-order valence-corrected chi connectivity index (χ2v) is 8.62. The Hall–Kier alpha value is -0.400. The van der Waals surface area contributed by atoms with Crippen LogP contribution in [-0.4, -0.2) is 23.5 Å². The van der Waals surface area contributed by atoms with Crippen LogP contribution in [0.2, 0.25) is 0 Å². The van der Waals surface area contributed by atoms with E-state index in [0.717, 1.165) is 26.8 Å². The van der Waals surface area contributed by atoms with Gasteiger partial charge in [-0.15, -0.1) is 11.3 Å². The number of thiophene rings is 1. The van der Waals surface area contributed by atoms with Gasteiger partial charge in [0.2, 0.25) is 0 Å². The molecule has 1 amide bonds. The van der Waals surface area contributed by atoms with Gasteiger partial charge in [-0.3, -0.25) is 9.59 Å². The number of amides is 1. The Kier molecular flexibility index (Phi) is 8.51. The lowest BCUT2D eigenvalue weighted by molar-refractivity contribution is -0.137. The van der Waals surface area contributed by atoms with E-state index in [1.807, 2.05) is 0 Å². The van der Waals surface area contributed by atoms with E-state index >= 15 is 0 Å². The van der Waals surface area contributed by atoms with Crippen LogP contribution in [0, 0.1) is 5.92 Å². The zero-order valence-corrected chi connectivity index (χ0v) is 15.8. The number of carbonyl (C=O) groups excluding carboxylic acids is 1. The molecule has 1 aromatic heterocycles. The Morgan fingerprint density at radius 2 is 2.05 bits per heavy atom. The predicted octanol–water partition coefficient (Wildman–Crippen LogP) is 4.67. The summed E-state index contributed by atoms with van der Waals surface area (Å²) in [5.74, 6) is -0.506. The molecule has 1 rings (SSSR count). The van der Waals surface area contributed by atoms with Crippen molar-refractivity contribution < 1.29 is 14.7 Å². The Balaban J connectivity index is 2.40. The van der Waals surface area contributed by atoms with Crippen LogP contribution in [0.4, 0.5) is 0 Å². The van der Waals surface area contributed by atoms with Crippen molar-refractivity contribution in [3.63, 3.8) is 0 Å². The second-order valence-electron chi connectivity index (χ2n) is 4.87. The van der Waals surface area contributed by atoms with E-state index in [2.05, 4.69) is 44.1 Å². The van der Waals surface area contributed by atoms with Crippen molar-refractivity contribution in [2.24, 2.45) is 5.92 Å². The minimum atomic E-state index is -0.757. The molecule has 4 nitrogen and oxygen atoms in total. The fourth-order valence-electron chi connectivity index (χ4n) is 2.15. The van der Waals surface area contributed by atoms with Crippen molar-refractivity contribution in [2.75, 3.05) is 6.54 Å². The average Bonchev–Trinajstić information content (AvgIpc) is 2.74. The summed E-state index contributed by atoms with van der Waals surface area (Å²) in [5, 5.41) is 11.6. The zero-order valence-electron chi connectivity index (χ0n) is 11.8. The highest BCUT2D eigenvalue weighted by atomic mass is 79.9. The maximum absolute atomic E-state index is 12.0. The summed E-state index contributed by atoms with van der Waals surface area (Å²) in [6.07, 6.45) is 3.71. The molecule has 0 radical (unpaired) electrons. The molecule has 0 saturated heterocycles. The number of nitrogens with one attached hydrogen (secondary N) is 1. The topological polar surface area (TPSA) is 66.4 Å². The molecule has 118 valence electrons. The largest absolute Gasteiger partial charge is 0.481 e. The molecule has 2 N–H and O–H groups in total. The summed E-state index contributed by atoms with van der Waals surface area (Å²) in [7, 11) is 0. The summed E-state index contributed by atoms with van der Waals surface area (Å²) in [6, 6.07) is 1.79. The maximum Gasteiger partial charge on any atom is 0.303 e. The highest BCUT2D eigenvalue weighted by Crippen LogP contribution is 2.31. The van der Waals surface area contributed by atoms with Crippen LogP contribution in [0.5, 0.6) is 0 Å². The Labute approximate surface area is 145 Å². The van der Waals surface area contributed by atoms with Crippen molar-refractivity contribution in [1.29, 1.82) is 0 Å². The lowest BCUT2D eigenvalue weighted by atomic mass is 9.94. The monoisotopic (exact) mass is 439 g/mol. The van der Waals surface area contributed by atoms with Gasteiger partial charge in [-0.2, -0.15) is 0 Å². The number of carbonyl (C=O) groups is 2. The standard InChI is InChI=1S/C14H19Br2NO3S/c1-2-3-9(4-5-12(18)19)6-7-17-14(20)10-8-11(15)21-13(10)16/h8-9H,2-7H2,1H3,(H,17,20)(H,18,19). The smallest absolute Gasteiger partial charge is 0.303 e. The third kappa shape index (κ3) is 6.93. The van der Waals surface area contributed by atoms with Gasteiger partial charge >= 0.3 is 5.97 Å². The van der Waals surface area contributed by atoms with Crippen LogP contribution in [0.15, 0.2) is 13.6 Å². The van der Waals surface area contributed by atoms with Crippen molar-refractivity contribution in [3.8, 4) is 0 Å². The van der Waals surface area contributed by atoms with Crippen LogP contribution in [0.3, 0.4) is 0 Å². The molecule has 1 atom stereocenters. The molecule has 0 aliphatic rings. The quantitative estimate of drug-likeness (QED) is 0.586. The number of halogens is 2. The first-order valence-electron chi connectivity index (χ1n) is 6.88. The molecule has 7 heteroatoms. The maximum atomic E-state index is 12.0. The van der Waals surface area contributed by atoms with Crippen LogP contribution < -0.4 is 5.32 Å². The molecule has 0 saturated carbocycles. The zero-order chi connectivity index (χ0) is 15.8. The first-order chi connectivity index (χ1) is 9.93. The summed E-state index contributed by atoms with van der Waals surface area (Å²) >= 11 is 8.18. The molecule has 21 heavy (non-hydrogen) atoms. The third-order valence-corrected chi connectivity index (χ3v) is 5.54. The number of hydrogen-bond donors (Lipinski definition) is 2. The van der Waals surface area contributed by atoms with Gasteiger partial charge in [0.15, 0.2) is 0 Å². The van der Waals surface area contributed by atoms with Gasteiger partial charge in [-0.05, 0) is 56.7 Å². The number of aliphatic carboxylic acids is 1. The summed E-state index contributed by atoms with van der Waals surface area (Å²) in [4.78, 5) is 22.7. The molecular weight excluding hydrogens is 422 g/mol. The average molecular weight is 441 g/mol. The molecule has 0 bridgehead atoms. The van der Waals surface area contributed by atoms with Gasteiger partial charge in [-0.25, -0.2) is 0 Å². The number of hydrogen-bond acceptors (Lipinski definition) is 3. The van der Waals surface area contributed by atoms with Gasteiger partial charge in [0.25, 0.3) is 5.91 Å². The minimum absolute atomic E-state index is 0.0997. The minimum Gasteiger partial charge on any atom is -0.481 e. The Morgan fingerprint density at radius 3 is 2.57 bits per heavy atom. The van der Waals surface area contributed by atoms with E-state index < -0.39 is 5.97 Å². The number of carboxylic acids is 1. The van der Waals surface area contributed by atoms with Gasteiger partial charge in [0.1, 0.15) is 0 Å². The normalized spacial score (nSPS) is 12.1. The second kappa shape index (κ2) is 9.58. The van der Waals surface area contributed by atoms with Gasteiger partial charge in [-0.1, -0.05) is 19.8 Å². The SMILES string of the molecule is CCCC(CCNC(=O)c1cc(Br)sc1Br)CCC(=O)O. The fraction of sp³-hybridized carbons (Fsp3) is 0.571. The lowest BCUT2D eigenvalue weighted by Crippen LogP contribution is -2.26. The summed E-state index contributed by atoms with van der Waals surface area (Å²) in [6.45, 7) is 2.66. The van der Waals surface area contributed by atoms with Gasteiger partial charge in [0.05, 0.1) is 13.1 Å². The third-order valence-electron chi connectivity index (χ3n) is 3.20. The summed E-state index contributed by atoms with van der Waals surface area (Å²) < 4.78 is 1.72. The van der Waals surface area contributed by atoms with E-state index in [4.69, 9.17) is 5.11 Å². The van der Waals surface area contributed by atoms with Crippen molar-refractivity contribution in [1.82, 2.24) is 5.32 Å². The molecule has 1 heterocycles. The Morgan fingerprint density at radius 1 is 1.33 bits per heavy atom. The van der Waals surface area contributed by atoms with Crippen LogP contribution in [-0.2, 0) is 4.79 Å². The van der Waals surface area contributed by atoms with Crippen molar-refractivity contribution in [2.45, 2.75) is 39.0 Å². The van der Waals surface area contributed by atoms with E-state index in [-0.39, 0.29) is 12.3 Å². The van der Waals surface area contributed by atoms with Crippen molar-refractivity contribution >= 4 is 55.1 Å². The highest BCUT2D eigenvalue weighted by molar-refractivity contribution is 9.12. The Bertz CT molecular complexity index is 491. The van der Waals surface area contributed by atoms with Gasteiger partial charge < -0.3 is 10.4 Å².